The second kappa shape index (κ2) is 9.68. The molecule has 3 rings (SSSR count). The van der Waals surface area contributed by atoms with Gasteiger partial charge in [-0.15, -0.1) is 0 Å². The summed E-state index contributed by atoms with van der Waals surface area (Å²) in [7, 11) is 1.64. The molecule has 0 atom stereocenters. The highest BCUT2D eigenvalue weighted by molar-refractivity contribution is 5.92. The van der Waals surface area contributed by atoms with Crippen LogP contribution in [0.3, 0.4) is 0 Å². The van der Waals surface area contributed by atoms with Crippen molar-refractivity contribution in [1.29, 1.82) is 0 Å². The molecule has 6 heteroatoms. The minimum Gasteiger partial charge on any atom is -0.497 e. The fourth-order valence-corrected chi connectivity index (χ4v) is 2.98. The predicted octanol–water partition coefficient (Wildman–Crippen LogP) is 4.32. The maximum absolute atomic E-state index is 12.5. The summed E-state index contributed by atoms with van der Waals surface area (Å²) in [5, 5.41) is 6.14. The third-order valence-electron chi connectivity index (χ3n) is 4.58. The van der Waals surface area contributed by atoms with E-state index in [0.29, 0.717) is 24.1 Å². The minimum absolute atomic E-state index is 0.221. The van der Waals surface area contributed by atoms with Gasteiger partial charge in [0.2, 0.25) is 5.95 Å². The van der Waals surface area contributed by atoms with Crippen LogP contribution >= 0.6 is 0 Å². The van der Waals surface area contributed by atoms with E-state index in [4.69, 9.17) is 4.74 Å². The fraction of sp³-hybridized carbons (Fsp3) is 0.261. The number of para-hydroxylation sites is 1. The Morgan fingerprint density at radius 2 is 1.83 bits per heavy atom. The highest BCUT2D eigenvalue weighted by Crippen LogP contribution is 2.25. The minimum atomic E-state index is -0.221. The average molecular weight is 390 g/mol. The zero-order chi connectivity index (χ0) is 20.6. The molecule has 29 heavy (non-hydrogen) atoms. The van der Waals surface area contributed by atoms with Crippen LogP contribution in [0, 0.1) is 0 Å². The molecule has 0 aliphatic rings. The van der Waals surface area contributed by atoms with Crippen LogP contribution in [0.4, 0.5) is 11.6 Å². The highest BCUT2D eigenvalue weighted by Gasteiger charge is 2.11. The molecule has 0 aliphatic heterocycles. The first-order chi connectivity index (χ1) is 14.1. The van der Waals surface area contributed by atoms with E-state index in [1.807, 2.05) is 42.5 Å². The van der Waals surface area contributed by atoms with Crippen molar-refractivity contribution in [2.24, 2.45) is 0 Å². The molecule has 0 saturated heterocycles. The Bertz CT molecular complexity index is 955. The van der Waals surface area contributed by atoms with Gasteiger partial charge in [0.25, 0.3) is 5.91 Å². The first-order valence-corrected chi connectivity index (χ1v) is 9.67. The quantitative estimate of drug-likeness (QED) is 0.599. The number of hydrogen-bond donors (Lipinski definition) is 2. The molecule has 150 valence electrons. The van der Waals surface area contributed by atoms with Crippen LogP contribution in [0.5, 0.6) is 5.75 Å². The zero-order valence-electron chi connectivity index (χ0n) is 17.0. The standard InChI is InChI=1S/C23H26N4O2/c1-16(2)19-6-4-5-7-20(19)26-23-25-15-13-21(27-23)22(28)24-14-12-17-8-10-18(29-3)11-9-17/h4-11,13,15-16H,12,14H2,1-3H3,(H,24,28)(H,25,26,27). The smallest absolute Gasteiger partial charge is 0.270 e. The number of ether oxygens (including phenoxy) is 1. The van der Waals surface area contributed by atoms with Crippen LogP contribution in [-0.4, -0.2) is 29.5 Å². The molecule has 1 aromatic heterocycles. The van der Waals surface area contributed by atoms with Gasteiger partial charge in [-0.2, -0.15) is 0 Å². The van der Waals surface area contributed by atoms with E-state index in [-0.39, 0.29) is 5.91 Å². The first kappa shape index (κ1) is 20.3. The van der Waals surface area contributed by atoms with Gasteiger partial charge >= 0.3 is 0 Å². The Labute approximate surface area is 171 Å². The van der Waals surface area contributed by atoms with Gasteiger partial charge in [-0.25, -0.2) is 9.97 Å². The molecule has 0 saturated carbocycles. The van der Waals surface area contributed by atoms with Gasteiger partial charge < -0.3 is 15.4 Å². The molecular formula is C23H26N4O2. The van der Waals surface area contributed by atoms with E-state index < -0.39 is 0 Å². The van der Waals surface area contributed by atoms with E-state index >= 15 is 0 Å². The molecule has 0 aliphatic carbocycles. The van der Waals surface area contributed by atoms with Crippen molar-refractivity contribution in [2.75, 3.05) is 19.0 Å². The Hall–Kier alpha value is -3.41. The number of rotatable bonds is 8. The molecule has 3 aromatic rings. The Morgan fingerprint density at radius 1 is 1.07 bits per heavy atom. The number of carbonyl (C=O) groups excluding carboxylic acids is 1. The molecule has 1 amide bonds. The van der Waals surface area contributed by atoms with Crippen molar-refractivity contribution in [1.82, 2.24) is 15.3 Å². The largest absolute Gasteiger partial charge is 0.497 e. The molecule has 0 spiro atoms. The monoisotopic (exact) mass is 390 g/mol. The predicted molar refractivity (Wildman–Crippen MR) is 115 cm³/mol. The Balaban J connectivity index is 1.60. The lowest BCUT2D eigenvalue weighted by atomic mass is 10.0. The molecule has 0 unspecified atom stereocenters. The van der Waals surface area contributed by atoms with E-state index in [2.05, 4.69) is 40.5 Å². The number of hydrogen-bond acceptors (Lipinski definition) is 5. The maximum Gasteiger partial charge on any atom is 0.270 e. The van der Waals surface area contributed by atoms with Crippen LogP contribution in [0.15, 0.2) is 60.8 Å². The maximum atomic E-state index is 12.5. The second-order valence-corrected chi connectivity index (χ2v) is 6.99. The number of nitrogens with zero attached hydrogens (tertiary/aromatic N) is 2. The summed E-state index contributed by atoms with van der Waals surface area (Å²) in [6.07, 6.45) is 2.32. The Kier molecular flexibility index (Phi) is 6.79. The Morgan fingerprint density at radius 3 is 2.55 bits per heavy atom. The van der Waals surface area contributed by atoms with Crippen molar-refractivity contribution in [3.8, 4) is 5.75 Å². The molecule has 1 heterocycles. The summed E-state index contributed by atoms with van der Waals surface area (Å²) >= 11 is 0. The number of carbonyl (C=O) groups is 1. The summed E-state index contributed by atoms with van der Waals surface area (Å²) in [5.41, 5.74) is 3.57. The van der Waals surface area contributed by atoms with E-state index in [0.717, 1.165) is 23.4 Å². The number of amides is 1. The summed E-state index contributed by atoms with van der Waals surface area (Å²) in [5.74, 6) is 1.36. The van der Waals surface area contributed by atoms with Gasteiger partial charge in [-0.3, -0.25) is 4.79 Å². The van der Waals surface area contributed by atoms with Gasteiger partial charge in [0.05, 0.1) is 7.11 Å². The van der Waals surface area contributed by atoms with Crippen LogP contribution in [-0.2, 0) is 6.42 Å². The normalized spacial score (nSPS) is 10.6. The molecule has 0 bridgehead atoms. The second-order valence-electron chi connectivity index (χ2n) is 6.99. The van der Waals surface area contributed by atoms with Crippen molar-refractivity contribution < 1.29 is 9.53 Å². The number of nitrogens with one attached hydrogen (secondary N) is 2. The lowest BCUT2D eigenvalue weighted by Gasteiger charge is -2.13. The van der Waals surface area contributed by atoms with E-state index in [9.17, 15) is 4.79 Å². The van der Waals surface area contributed by atoms with Gasteiger partial charge in [0.15, 0.2) is 0 Å². The molecule has 2 aromatic carbocycles. The lowest BCUT2D eigenvalue weighted by Crippen LogP contribution is -2.26. The summed E-state index contributed by atoms with van der Waals surface area (Å²) in [6, 6.07) is 17.4. The molecule has 6 nitrogen and oxygen atoms in total. The number of benzene rings is 2. The highest BCUT2D eigenvalue weighted by atomic mass is 16.5. The van der Waals surface area contributed by atoms with Gasteiger partial charge in [0, 0.05) is 18.4 Å². The van der Waals surface area contributed by atoms with Gasteiger partial charge in [0.1, 0.15) is 11.4 Å². The fourth-order valence-electron chi connectivity index (χ4n) is 2.98. The summed E-state index contributed by atoms with van der Waals surface area (Å²) in [6.45, 7) is 4.79. The number of aromatic nitrogens is 2. The van der Waals surface area contributed by atoms with Crippen LogP contribution in [0.2, 0.25) is 0 Å². The molecular weight excluding hydrogens is 364 g/mol. The summed E-state index contributed by atoms with van der Waals surface area (Å²) < 4.78 is 5.15. The van der Waals surface area contributed by atoms with E-state index in [1.165, 1.54) is 5.56 Å². The third-order valence-corrected chi connectivity index (χ3v) is 4.58. The van der Waals surface area contributed by atoms with E-state index in [1.54, 1.807) is 19.4 Å². The lowest BCUT2D eigenvalue weighted by molar-refractivity contribution is 0.0949. The van der Waals surface area contributed by atoms with Crippen LogP contribution in [0.25, 0.3) is 0 Å². The van der Waals surface area contributed by atoms with Crippen LogP contribution in [0.1, 0.15) is 41.4 Å². The van der Waals surface area contributed by atoms with Crippen molar-refractivity contribution in [3.05, 3.63) is 77.6 Å². The van der Waals surface area contributed by atoms with Crippen molar-refractivity contribution >= 4 is 17.5 Å². The molecule has 0 radical (unpaired) electrons. The number of anilines is 2. The van der Waals surface area contributed by atoms with Gasteiger partial charge in [-0.05, 0) is 47.7 Å². The van der Waals surface area contributed by atoms with Crippen molar-refractivity contribution in [3.63, 3.8) is 0 Å². The van der Waals surface area contributed by atoms with Gasteiger partial charge in [-0.1, -0.05) is 44.2 Å². The zero-order valence-corrected chi connectivity index (χ0v) is 17.0. The van der Waals surface area contributed by atoms with Crippen LogP contribution < -0.4 is 15.4 Å². The molecule has 0 fully saturated rings. The van der Waals surface area contributed by atoms with Crippen molar-refractivity contribution in [2.45, 2.75) is 26.2 Å². The average Bonchev–Trinajstić information content (AvgIpc) is 2.74. The molecule has 2 N–H and O–H groups in total. The summed E-state index contributed by atoms with van der Waals surface area (Å²) in [4.78, 5) is 21.1. The topological polar surface area (TPSA) is 76.1 Å². The number of methoxy groups -OCH3 is 1. The third kappa shape index (κ3) is 5.54. The first-order valence-electron chi connectivity index (χ1n) is 9.67. The SMILES string of the molecule is COc1ccc(CCNC(=O)c2ccnc(Nc3ccccc3C(C)C)n2)cc1.